The van der Waals surface area contributed by atoms with E-state index in [-0.39, 0.29) is 12.3 Å². The van der Waals surface area contributed by atoms with Crippen LogP contribution in [-0.4, -0.2) is 52.6 Å². The molecule has 1 aromatic carbocycles. The number of thioether (sulfide) groups is 1. The lowest BCUT2D eigenvalue weighted by Crippen LogP contribution is -2.50. The maximum atomic E-state index is 12.3. The first-order valence-electron chi connectivity index (χ1n) is 6.93. The molecule has 1 aliphatic rings. The number of carbonyl (C=O) groups excluding carboxylic acids is 1. The summed E-state index contributed by atoms with van der Waals surface area (Å²) in [6.07, 6.45) is 0.223. The zero-order valence-corrected chi connectivity index (χ0v) is 12.8. The largest absolute Gasteiger partial charge is 0.494 e. The first-order chi connectivity index (χ1) is 10.1. The Balaban J connectivity index is 2.00. The fourth-order valence-electron chi connectivity index (χ4n) is 2.25. The lowest BCUT2D eigenvalue weighted by atomic mass is 10.1. The summed E-state index contributed by atoms with van der Waals surface area (Å²) in [5.41, 5.74) is 0.866. The summed E-state index contributed by atoms with van der Waals surface area (Å²) in [5.74, 6) is 0.962. The number of aliphatic carboxylic acids is 1. The lowest BCUT2D eigenvalue weighted by Gasteiger charge is -2.32. The summed E-state index contributed by atoms with van der Waals surface area (Å²) in [6, 6.07) is 6.63. The van der Waals surface area contributed by atoms with E-state index in [9.17, 15) is 14.7 Å². The molecule has 1 atom stereocenters. The molecule has 2 rings (SSSR count). The number of carbonyl (C=O) groups is 2. The molecule has 0 saturated carbocycles. The average Bonchev–Trinajstić information content (AvgIpc) is 2.49. The molecular weight excluding hydrogens is 290 g/mol. The number of hydrogen-bond acceptors (Lipinski definition) is 4. The molecule has 21 heavy (non-hydrogen) atoms. The van der Waals surface area contributed by atoms with Crippen molar-refractivity contribution in [1.82, 2.24) is 4.90 Å². The Kier molecular flexibility index (Phi) is 5.50. The Labute approximate surface area is 128 Å². The summed E-state index contributed by atoms with van der Waals surface area (Å²) in [4.78, 5) is 25.0. The van der Waals surface area contributed by atoms with E-state index in [0.29, 0.717) is 18.9 Å². The summed E-state index contributed by atoms with van der Waals surface area (Å²) in [5, 5.41) is 9.20. The van der Waals surface area contributed by atoms with E-state index in [2.05, 4.69) is 0 Å². The van der Waals surface area contributed by atoms with Crippen LogP contribution in [0.25, 0.3) is 0 Å². The highest BCUT2D eigenvalue weighted by Crippen LogP contribution is 2.19. The van der Waals surface area contributed by atoms with Crippen molar-refractivity contribution >= 4 is 23.6 Å². The van der Waals surface area contributed by atoms with Crippen LogP contribution in [-0.2, 0) is 16.0 Å². The van der Waals surface area contributed by atoms with Gasteiger partial charge in [-0.15, -0.1) is 0 Å². The van der Waals surface area contributed by atoms with Gasteiger partial charge in [-0.3, -0.25) is 4.79 Å². The van der Waals surface area contributed by atoms with Crippen LogP contribution in [0.5, 0.6) is 5.75 Å². The molecule has 1 saturated heterocycles. The minimum Gasteiger partial charge on any atom is -0.494 e. The van der Waals surface area contributed by atoms with Crippen LogP contribution >= 0.6 is 11.8 Å². The molecule has 0 aliphatic carbocycles. The van der Waals surface area contributed by atoms with Crippen molar-refractivity contribution < 1.29 is 19.4 Å². The van der Waals surface area contributed by atoms with Gasteiger partial charge in [0.2, 0.25) is 5.91 Å². The molecule has 1 unspecified atom stereocenters. The van der Waals surface area contributed by atoms with Gasteiger partial charge >= 0.3 is 5.97 Å². The van der Waals surface area contributed by atoms with Crippen LogP contribution < -0.4 is 4.74 Å². The third-order valence-electron chi connectivity index (χ3n) is 3.32. The van der Waals surface area contributed by atoms with Gasteiger partial charge < -0.3 is 14.7 Å². The molecule has 1 fully saturated rings. The van der Waals surface area contributed by atoms with Gasteiger partial charge in [-0.05, 0) is 24.6 Å². The number of ether oxygens (including phenoxy) is 1. The molecule has 114 valence electrons. The van der Waals surface area contributed by atoms with Gasteiger partial charge in [-0.2, -0.15) is 11.8 Å². The van der Waals surface area contributed by atoms with Crippen molar-refractivity contribution in [3.8, 4) is 5.75 Å². The van der Waals surface area contributed by atoms with Gasteiger partial charge in [-0.1, -0.05) is 12.1 Å². The molecule has 6 heteroatoms. The fraction of sp³-hybridized carbons (Fsp3) is 0.467. The molecule has 1 heterocycles. The number of carboxylic acid groups (broad SMARTS) is 1. The van der Waals surface area contributed by atoms with E-state index in [1.807, 2.05) is 31.2 Å². The predicted octanol–water partition coefficient (Wildman–Crippen LogP) is 1.66. The van der Waals surface area contributed by atoms with Crippen LogP contribution in [0.4, 0.5) is 0 Å². The van der Waals surface area contributed by atoms with E-state index in [4.69, 9.17) is 4.74 Å². The summed E-state index contributed by atoms with van der Waals surface area (Å²) in [7, 11) is 0. The number of rotatable bonds is 5. The first-order valence-corrected chi connectivity index (χ1v) is 8.09. The molecule has 0 spiro atoms. The second-order valence-corrected chi connectivity index (χ2v) is 5.92. The number of nitrogens with zero attached hydrogens (tertiary/aromatic N) is 1. The lowest BCUT2D eigenvalue weighted by molar-refractivity contribution is -0.148. The maximum absolute atomic E-state index is 12.3. The van der Waals surface area contributed by atoms with Crippen molar-refractivity contribution in [3.63, 3.8) is 0 Å². The van der Waals surface area contributed by atoms with E-state index in [1.54, 1.807) is 11.8 Å². The zero-order valence-electron chi connectivity index (χ0n) is 11.9. The highest BCUT2D eigenvalue weighted by atomic mass is 32.2. The summed E-state index contributed by atoms with van der Waals surface area (Å²) < 4.78 is 5.35. The Hall–Kier alpha value is -1.69. The molecule has 1 aliphatic heterocycles. The third-order valence-corrected chi connectivity index (χ3v) is 4.35. The van der Waals surface area contributed by atoms with Gasteiger partial charge in [0.1, 0.15) is 11.8 Å². The van der Waals surface area contributed by atoms with Crippen molar-refractivity contribution in [2.75, 3.05) is 24.7 Å². The van der Waals surface area contributed by atoms with Crippen LogP contribution in [0.3, 0.4) is 0 Å². The highest BCUT2D eigenvalue weighted by Gasteiger charge is 2.32. The molecule has 1 aromatic rings. The Morgan fingerprint density at radius 1 is 1.38 bits per heavy atom. The summed E-state index contributed by atoms with van der Waals surface area (Å²) in [6.45, 7) is 3.01. The minimum atomic E-state index is -0.928. The normalized spacial score (nSPS) is 18.3. The van der Waals surface area contributed by atoms with Gasteiger partial charge in [0, 0.05) is 18.1 Å². The fourth-order valence-corrected chi connectivity index (χ4v) is 3.29. The Bertz CT molecular complexity index is 503. The van der Waals surface area contributed by atoms with E-state index >= 15 is 0 Å². The monoisotopic (exact) mass is 309 g/mol. The van der Waals surface area contributed by atoms with Gasteiger partial charge in [-0.25, -0.2) is 4.79 Å². The van der Waals surface area contributed by atoms with Crippen LogP contribution in [0, 0.1) is 0 Å². The smallest absolute Gasteiger partial charge is 0.327 e. The predicted molar refractivity (Wildman–Crippen MR) is 81.8 cm³/mol. The molecule has 0 bridgehead atoms. The molecule has 0 radical (unpaired) electrons. The number of hydrogen-bond donors (Lipinski definition) is 1. The molecule has 0 aromatic heterocycles. The highest BCUT2D eigenvalue weighted by molar-refractivity contribution is 7.99. The van der Waals surface area contributed by atoms with E-state index < -0.39 is 12.0 Å². The van der Waals surface area contributed by atoms with Crippen LogP contribution in [0.2, 0.25) is 0 Å². The van der Waals surface area contributed by atoms with Crippen molar-refractivity contribution in [2.45, 2.75) is 19.4 Å². The van der Waals surface area contributed by atoms with Crippen molar-refractivity contribution in [3.05, 3.63) is 29.8 Å². The first kappa shape index (κ1) is 15.7. The minimum absolute atomic E-state index is 0.133. The molecule has 5 nitrogen and oxygen atoms in total. The topological polar surface area (TPSA) is 66.8 Å². The second kappa shape index (κ2) is 7.36. The SMILES string of the molecule is CCOc1ccc(CC(=O)N2CCSCC2C(=O)O)cc1. The van der Waals surface area contributed by atoms with Gasteiger partial charge in [0.25, 0.3) is 0 Å². The number of amides is 1. The van der Waals surface area contributed by atoms with Crippen LogP contribution in [0.15, 0.2) is 24.3 Å². The van der Waals surface area contributed by atoms with Gasteiger partial charge in [0.15, 0.2) is 0 Å². The zero-order chi connectivity index (χ0) is 15.2. The molecule has 1 amide bonds. The maximum Gasteiger partial charge on any atom is 0.327 e. The quantitative estimate of drug-likeness (QED) is 0.896. The molecular formula is C15H19NO4S. The van der Waals surface area contributed by atoms with E-state index in [0.717, 1.165) is 17.1 Å². The second-order valence-electron chi connectivity index (χ2n) is 4.77. The van der Waals surface area contributed by atoms with Crippen molar-refractivity contribution in [2.24, 2.45) is 0 Å². The number of carboxylic acids is 1. The molecule has 1 N–H and O–H groups in total. The van der Waals surface area contributed by atoms with Gasteiger partial charge in [0.05, 0.1) is 13.0 Å². The Morgan fingerprint density at radius 2 is 2.10 bits per heavy atom. The number of benzene rings is 1. The van der Waals surface area contributed by atoms with Crippen LogP contribution in [0.1, 0.15) is 12.5 Å². The third kappa shape index (κ3) is 4.14. The average molecular weight is 309 g/mol. The standard InChI is InChI=1S/C15H19NO4S/c1-2-20-12-5-3-11(4-6-12)9-14(17)16-7-8-21-10-13(16)15(18)19/h3-6,13H,2,7-10H2,1H3,(H,18,19). The summed E-state index contributed by atoms with van der Waals surface area (Å²) >= 11 is 1.57. The van der Waals surface area contributed by atoms with Crippen molar-refractivity contribution in [1.29, 1.82) is 0 Å². The van der Waals surface area contributed by atoms with E-state index in [1.165, 1.54) is 4.90 Å². The Morgan fingerprint density at radius 3 is 2.71 bits per heavy atom.